The number of fused-ring (bicyclic) bond motifs is 1. The van der Waals surface area contributed by atoms with Crippen LogP contribution in [-0.2, 0) is 14.2 Å². The molecular weight excluding hydrogens is 320 g/mol. The average Bonchev–Trinajstić information content (AvgIpc) is 2.92. The van der Waals surface area contributed by atoms with E-state index in [0.717, 1.165) is 16.6 Å². The van der Waals surface area contributed by atoms with Crippen molar-refractivity contribution in [2.45, 2.75) is 32.2 Å². The molecule has 0 radical (unpaired) electrons. The molecule has 2 aromatic rings. The first-order valence-electron chi connectivity index (χ1n) is 8.53. The van der Waals surface area contributed by atoms with E-state index in [4.69, 9.17) is 14.2 Å². The lowest BCUT2D eigenvalue weighted by Crippen LogP contribution is -2.46. The van der Waals surface area contributed by atoms with Gasteiger partial charge in [0.2, 0.25) is 0 Å². The molecule has 0 saturated carbocycles. The van der Waals surface area contributed by atoms with Crippen LogP contribution in [0.5, 0.6) is 0 Å². The van der Waals surface area contributed by atoms with Crippen LogP contribution >= 0.6 is 0 Å². The molecule has 0 spiro atoms. The van der Waals surface area contributed by atoms with Gasteiger partial charge >= 0.3 is 5.97 Å². The lowest BCUT2D eigenvalue weighted by Gasteiger charge is -2.36. The molecule has 6 heteroatoms. The third-order valence-electron chi connectivity index (χ3n) is 4.98. The van der Waals surface area contributed by atoms with Gasteiger partial charge in [0.05, 0.1) is 38.0 Å². The molecule has 1 saturated heterocycles. The van der Waals surface area contributed by atoms with Crippen molar-refractivity contribution in [3.63, 3.8) is 0 Å². The summed E-state index contributed by atoms with van der Waals surface area (Å²) in [6.45, 7) is 5.25. The highest BCUT2D eigenvalue weighted by molar-refractivity contribution is 6.05. The lowest BCUT2D eigenvalue weighted by molar-refractivity contribution is -0.217. The van der Waals surface area contributed by atoms with E-state index in [9.17, 15) is 4.79 Å². The van der Waals surface area contributed by atoms with E-state index in [2.05, 4.69) is 16.4 Å². The number of para-hydroxylation sites is 1. The van der Waals surface area contributed by atoms with Crippen LogP contribution in [0.2, 0.25) is 0 Å². The zero-order valence-electron chi connectivity index (χ0n) is 15.5. The predicted molar refractivity (Wildman–Crippen MR) is 95.9 cm³/mol. The number of methoxy groups -OCH3 is 1. The molecule has 3 rings (SSSR count). The van der Waals surface area contributed by atoms with Crippen molar-refractivity contribution < 1.29 is 19.0 Å². The van der Waals surface area contributed by atoms with E-state index in [1.54, 1.807) is 0 Å². The second kappa shape index (κ2) is 7.15. The van der Waals surface area contributed by atoms with Gasteiger partial charge in [-0.3, -0.25) is 0 Å². The fraction of sp³-hybridized carbons (Fsp3) is 0.526. The minimum atomic E-state index is -0.351. The standard InChI is InChI=1S/C19H26N2O4/c1-12-17(18(22)23-5)15-8-6-7-9-16(15)21(12)13(2)19-24-10-14(11-25-19)20(3)4/h6-9,13-14,19H,10-11H2,1-5H3/t13-,14?,19?/m1/s1. The van der Waals surface area contributed by atoms with Gasteiger partial charge in [-0.15, -0.1) is 0 Å². The van der Waals surface area contributed by atoms with E-state index in [1.165, 1.54) is 7.11 Å². The molecule has 1 fully saturated rings. The Hall–Kier alpha value is -1.89. The Bertz CT molecular complexity index is 760. The smallest absolute Gasteiger partial charge is 0.340 e. The molecule has 136 valence electrons. The topological polar surface area (TPSA) is 52.9 Å². The summed E-state index contributed by atoms with van der Waals surface area (Å²) >= 11 is 0. The first-order valence-corrected chi connectivity index (χ1v) is 8.53. The molecule has 0 bridgehead atoms. The highest BCUT2D eigenvalue weighted by Gasteiger charge is 2.31. The molecule has 0 aliphatic carbocycles. The molecule has 2 heterocycles. The molecule has 0 N–H and O–H groups in total. The number of likely N-dealkylation sites (N-methyl/N-ethyl adjacent to an activating group) is 1. The Morgan fingerprint density at radius 3 is 2.52 bits per heavy atom. The van der Waals surface area contributed by atoms with Crippen LogP contribution in [-0.4, -0.2) is 62.2 Å². The normalized spacial score (nSPS) is 22.3. The number of benzene rings is 1. The van der Waals surface area contributed by atoms with Gasteiger partial charge in [0, 0.05) is 16.6 Å². The Morgan fingerprint density at radius 1 is 1.28 bits per heavy atom. The lowest BCUT2D eigenvalue weighted by atomic mass is 10.1. The van der Waals surface area contributed by atoms with Gasteiger partial charge in [0.15, 0.2) is 6.29 Å². The number of ether oxygens (including phenoxy) is 3. The van der Waals surface area contributed by atoms with Crippen molar-refractivity contribution >= 4 is 16.9 Å². The van der Waals surface area contributed by atoms with Crippen LogP contribution in [0.3, 0.4) is 0 Å². The van der Waals surface area contributed by atoms with E-state index < -0.39 is 0 Å². The second-order valence-electron chi connectivity index (χ2n) is 6.73. The highest BCUT2D eigenvalue weighted by atomic mass is 16.7. The quantitative estimate of drug-likeness (QED) is 0.797. The molecule has 0 unspecified atom stereocenters. The zero-order valence-corrected chi connectivity index (χ0v) is 15.5. The van der Waals surface area contributed by atoms with Crippen LogP contribution in [0, 0.1) is 6.92 Å². The van der Waals surface area contributed by atoms with Crippen molar-refractivity contribution in [2.24, 2.45) is 0 Å². The number of carbonyl (C=O) groups excluding carboxylic acids is 1. The molecule has 1 aromatic heterocycles. The Labute approximate surface area is 148 Å². The van der Waals surface area contributed by atoms with Crippen molar-refractivity contribution in [2.75, 3.05) is 34.4 Å². The van der Waals surface area contributed by atoms with Crippen LogP contribution in [0.1, 0.15) is 29.0 Å². The highest BCUT2D eigenvalue weighted by Crippen LogP contribution is 2.32. The Kier molecular flexibility index (Phi) is 5.13. The van der Waals surface area contributed by atoms with E-state index in [0.29, 0.717) is 18.8 Å². The second-order valence-corrected chi connectivity index (χ2v) is 6.73. The molecule has 25 heavy (non-hydrogen) atoms. The number of hydrogen-bond donors (Lipinski definition) is 0. The maximum atomic E-state index is 12.3. The average molecular weight is 346 g/mol. The summed E-state index contributed by atoms with van der Waals surface area (Å²) in [5, 5.41) is 0.890. The summed E-state index contributed by atoms with van der Waals surface area (Å²) in [6, 6.07) is 8.05. The fourth-order valence-corrected chi connectivity index (χ4v) is 3.48. The van der Waals surface area contributed by atoms with Crippen molar-refractivity contribution in [1.82, 2.24) is 9.47 Å². The summed E-state index contributed by atoms with van der Waals surface area (Å²) in [4.78, 5) is 14.4. The van der Waals surface area contributed by atoms with Crippen LogP contribution < -0.4 is 0 Å². The van der Waals surface area contributed by atoms with Crippen LogP contribution in [0.15, 0.2) is 24.3 Å². The molecule has 1 aliphatic heterocycles. The predicted octanol–water partition coefficient (Wildman–Crippen LogP) is 2.60. The number of hydrogen-bond acceptors (Lipinski definition) is 5. The van der Waals surface area contributed by atoms with Gasteiger partial charge in [-0.1, -0.05) is 18.2 Å². The fourth-order valence-electron chi connectivity index (χ4n) is 3.48. The summed E-state index contributed by atoms with van der Waals surface area (Å²) in [5.74, 6) is -0.321. The monoisotopic (exact) mass is 346 g/mol. The van der Waals surface area contributed by atoms with Crippen LogP contribution in [0.4, 0.5) is 0 Å². The summed E-state index contributed by atoms with van der Waals surface area (Å²) in [7, 11) is 5.45. The summed E-state index contributed by atoms with van der Waals surface area (Å²) in [5.41, 5.74) is 2.45. The van der Waals surface area contributed by atoms with Gasteiger partial charge in [-0.2, -0.15) is 0 Å². The number of nitrogens with zero attached hydrogens (tertiary/aromatic N) is 2. The maximum absolute atomic E-state index is 12.3. The number of rotatable bonds is 4. The Balaban J connectivity index is 1.96. The van der Waals surface area contributed by atoms with Crippen molar-refractivity contribution in [3.05, 3.63) is 35.5 Å². The third-order valence-corrected chi connectivity index (χ3v) is 4.98. The largest absolute Gasteiger partial charge is 0.465 e. The molecule has 1 aliphatic rings. The SMILES string of the molecule is COC(=O)c1c(C)n([C@H](C)C2OCC(N(C)C)CO2)c2ccccc12. The molecule has 1 atom stereocenters. The number of esters is 1. The first kappa shape index (κ1) is 17.9. The van der Waals surface area contributed by atoms with Crippen LogP contribution in [0.25, 0.3) is 10.9 Å². The molecule has 1 aromatic carbocycles. The summed E-state index contributed by atoms with van der Waals surface area (Å²) < 4.78 is 19.0. The zero-order chi connectivity index (χ0) is 18.1. The minimum Gasteiger partial charge on any atom is -0.465 e. The number of aromatic nitrogens is 1. The van der Waals surface area contributed by atoms with E-state index in [1.807, 2.05) is 45.3 Å². The summed E-state index contributed by atoms with van der Waals surface area (Å²) in [6.07, 6.45) is -0.351. The molecule has 6 nitrogen and oxygen atoms in total. The minimum absolute atomic E-state index is 0.0635. The van der Waals surface area contributed by atoms with Crippen molar-refractivity contribution in [1.29, 1.82) is 0 Å². The number of carbonyl (C=O) groups is 1. The van der Waals surface area contributed by atoms with Gasteiger partial charge in [0.25, 0.3) is 0 Å². The van der Waals surface area contributed by atoms with E-state index >= 15 is 0 Å². The van der Waals surface area contributed by atoms with Gasteiger partial charge in [-0.05, 0) is 34.0 Å². The molecular formula is C19H26N2O4. The van der Waals surface area contributed by atoms with Gasteiger partial charge in [-0.25, -0.2) is 4.79 Å². The third kappa shape index (κ3) is 3.17. The Morgan fingerprint density at radius 2 is 1.92 bits per heavy atom. The van der Waals surface area contributed by atoms with Gasteiger partial charge < -0.3 is 23.7 Å². The molecule has 0 amide bonds. The first-order chi connectivity index (χ1) is 12.0. The van der Waals surface area contributed by atoms with Gasteiger partial charge in [0.1, 0.15) is 0 Å². The van der Waals surface area contributed by atoms with E-state index in [-0.39, 0.29) is 24.3 Å². The van der Waals surface area contributed by atoms with Crippen molar-refractivity contribution in [3.8, 4) is 0 Å². The maximum Gasteiger partial charge on any atom is 0.340 e.